The quantitative estimate of drug-likeness (QED) is 0.118. The van der Waals surface area contributed by atoms with Crippen LogP contribution in [0, 0.1) is 0 Å². The molecule has 1 rings (SSSR count). The summed E-state index contributed by atoms with van der Waals surface area (Å²) in [7, 11) is 0. The monoisotopic (exact) mass is 642 g/mol. The Morgan fingerprint density at radius 1 is 0.615 bits per heavy atom. The van der Waals surface area contributed by atoms with E-state index in [9.17, 15) is 39.3 Å². The molecule has 1 aromatic carbocycles. The molecule has 18 heteroatoms. The number of nitrogens with zero attached hydrogens (tertiary/aromatic N) is 3. The van der Waals surface area contributed by atoms with E-state index < -0.39 is 68.6 Å². The Bertz CT molecular complexity index is 879. The number of hydrogen-bond donors (Lipinski definition) is 6. The van der Waals surface area contributed by atoms with Crippen LogP contribution in [0.5, 0.6) is 0 Å². The predicted molar refractivity (Wildman–Crippen MR) is 150 cm³/mol. The highest BCUT2D eigenvalue weighted by atomic mass is 35.5. The zero-order valence-electron chi connectivity index (χ0n) is 20.6. The minimum absolute atomic E-state index is 0. The first-order chi connectivity index (χ1) is 16.3. The Morgan fingerprint density at radius 2 is 0.974 bits per heavy atom. The number of anilines is 1. The second-order valence-electron chi connectivity index (χ2n) is 7.92. The van der Waals surface area contributed by atoms with Crippen LogP contribution in [0.3, 0.4) is 0 Å². The molecule has 226 valence electrons. The Labute approximate surface area is 249 Å². The number of nitrogen functional groups attached to an aromatic ring is 1. The summed E-state index contributed by atoms with van der Waals surface area (Å²) in [6.07, 6.45) is 0.172. The molecule has 7 N–H and O–H groups in total. The lowest BCUT2D eigenvalue weighted by atomic mass is 10.0. The topological polar surface area (TPSA) is 222 Å². The molecule has 0 heterocycles. The van der Waals surface area contributed by atoms with Crippen LogP contribution >= 0.6 is 49.6 Å². The first-order valence-electron chi connectivity index (χ1n) is 10.5. The highest BCUT2D eigenvalue weighted by Crippen LogP contribution is 2.14. The fourth-order valence-corrected chi connectivity index (χ4v) is 3.50. The van der Waals surface area contributed by atoms with Gasteiger partial charge in [0.05, 0.1) is 32.7 Å². The van der Waals surface area contributed by atoms with E-state index in [1.54, 1.807) is 24.3 Å². The van der Waals surface area contributed by atoms with Crippen molar-refractivity contribution in [1.29, 1.82) is 0 Å². The fraction of sp³-hybridized carbons (Fsp3) is 0.476. The van der Waals surface area contributed by atoms with Gasteiger partial charge in [-0.25, -0.2) is 0 Å². The van der Waals surface area contributed by atoms with E-state index in [-0.39, 0.29) is 75.7 Å². The van der Waals surface area contributed by atoms with Gasteiger partial charge in [-0.2, -0.15) is 0 Å². The lowest BCUT2D eigenvalue weighted by Crippen LogP contribution is -2.51. The van der Waals surface area contributed by atoms with Crippen molar-refractivity contribution in [3.8, 4) is 0 Å². The van der Waals surface area contributed by atoms with E-state index in [0.717, 1.165) is 4.90 Å². The van der Waals surface area contributed by atoms with Gasteiger partial charge >= 0.3 is 29.8 Å². The van der Waals surface area contributed by atoms with Crippen molar-refractivity contribution in [1.82, 2.24) is 14.7 Å². The third-order valence-electron chi connectivity index (χ3n) is 4.92. The van der Waals surface area contributed by atoms with Crippen LogP contribution in [-0.4, -0.2) is 128 Å². The van der Waals surface area contributed by atoms with Crippen molar-refractivity contribution in [3.63, 3.8) is 0 Å². The molecule has 1 atom stereocenters. The van der Waals surface area contributed by atoms with E-state index >= 15 is 0 Å². The van der Waals surface area contributed by atoms with Gasteiger partial charge in [0.25, 0.3) is 0 Å². The predicted octanol–water partition coefficient (Wildman–Crippen LogP) is 0.196. The zero-order chi connectivity index (χ0) is 26.5. The van der Waals surface area contributed by atoms with Gasteiger partial charge in [0.15, 0.2) is 0 Å². The summed E-state index contributed by atoms with van der Waals surface area (Å²) >= 11 is 0. The van der Waals surface area contributed by atoms with Crippen molar-refractivity contribution < 1.29 is 49.5 Å². The molecule has 1 aromatic rings. The number of aliphatic carboxylic acids is 5. The molecular weight excluding hydrogens is 610 g/mol. The Balaban J connectivity index is -0.00000153. The molecule has 0 aliphatic heterocycles. The minimum Gasteiger partial charge on any atom is -0.480 e. The second-order valence-corrected chi connectivity index (χ2v) is 7.92. The van der Waals surface area contributed by atoms with Crippen LogP contribution < -0.4 is 5.73 Å². The number of carboxylic acids is 5. The van der Waals surface area contributed by atoms with Crippen LogP contribution in [0.15, 0.2) is 24.3 Å². The maximum atomic E-state index is 11.5. The molecule has 0 saturated heterocycles. The molecule has 0 aliphatic rings. The van der Waals surface area contributed by atoms with Crippen molar-refractivity contribution in [2.24, 2.45) is 0 Å². The average Bonchev–Trinajstić information content (AvgIpc) is 2.70. The number of hydrogen-bond acceptors (Lipinski definition) is 9. The number of carbonyl (C=O) groups is 5. The summed E-state index contributed by atoms with van der Waals surface area (Å²) in [6.45, 7) is -3.13. The molecule has 0 aromatic heterocycles. The second kappa shape index (κ2) is 22.2. The van der Waals surface area contributed by atoms with Crippen LogP contribution in [-0.2, 0) is 30.4 Å². The number of carboxylic acid groups (broad SMARTS) is 5. The molecule has 0 unspecified atom stereocenters. The summed E-state index contributed by atoms with van der Waals surface area (Å²) in [4.78, 5) is 60.0. The largest absolute Gasteiger partial charge is 0.480 e. The maximum absolute atomic E-state index is 11.5. The molecule has 14 nitrogen and oxygen atoms in total. The molecule has 0 radical (unpaired) electrons. The summed E-state index contributed by atoms with van der Waals surface area (Å²) < 4.78 is 0. The number of rotatable bonds is 18. The van der Waals surface area contributed by atoms with Gasteiger partial charge in [0.2, 0.25) is 0 Å². The van der Waals surface area contributed by atoms with Crippen molar-refractivity contribution >= 4 is 85.2 Å². The van der Waals surface area contributed by atoms with E-state index in [1.807, 2.05) is 0 Å². The Morgan fingerprint density at radius 3 is 1.36 bits per heavy atom. The summed E-state index contributed by atoms with van der Waals surface area (Å²) in [6, 6.07) is 5.86. The highest BCUT2D eigenvalue weighted by Gasteiger charge is 2.27. The third kappa shape index (κ3) is 20.0. The molecular formula is C21H34Cl4N4O10. The van der Waals surface area contributed by atoms with Crippen molar-refractivity contribution in [2.75, 3.05) is 58.1 Å². The van der Waals surface area contributed by atoms with E-state index in [1.165, 1.54) is 9.80 Å². The highest BCUT2D eigenvalue weighted by molar-refractivity contribution is 5.86. The minimum atomic E-state index is -1.27. The van der Waals surface area contributed by atoms with Gasteiger partial charge in [-0.3, -0.25) is 38.7 Å². The average molecular weight is 644 g/mol. The zero-order valence-corrected chi connectivity index (χ0v) is 23.8. The molecule has 0 bridgehead atoms. The fourth-order valence-electron chi connectivity index (χ4n) is 3.50. The molecule has 0 aliphatic carbocycles. The maximum Gasteiger partial charge on any atom is 0.317 e. The van der Waals surface area contributed by atoms with Gasteiger partial charge < -0.3 is 31.3 Å². The molecule has 39 heavy (non-hydrogen) atoms. The summed E-state index contributed by atoms with van der Waals surface area (Å²) in [5, 5.41) is 45.9. The lowest BCUT2D eigenvalue weighted by molar-refractivity contribution is -0.144. The van der Waals surface area contributed by atoms with Gasteiger partial charge in [0, 0.05) is 31.4 Å². The number of halogens is 4. The number of benzene rings is 1. The molecule has 0 amide bonds. The first kappa shape index (κ1) is 43.5. The van der Waals surface area contributed by atoms with Gasteiger partial charge in [-0.1, -0.05) is 12.1 Å². The van der Waals surface area contributed by atoms with Gasteiger partial charge in [-0.05, 0) is 24.1 Å². The normalized spacial score (nSPS) is 10.8. The van der Waals surface area contributed by atoms with Crippen molar-refractivity contribution in [2.45, 2.75) is 12.5 Å². The van der Waals surface area contributed by atoms with Crippen molar-refractivity contribution in [3.05, 3.63) is 29.8 Å². The summed E-state index contributed by atoms with van der Waals surface area (Å²) in [5.74, 6) is -6.28. The van der Waals surface area contributed by atoms with Gasteiger partial charge in [0.1, 0.15) is 0 Å². The SMILES string of the molecule is Cl.Cl.Cl.Cl.Nc1ccc(C[C@@H](CN(CCN(CC(=O)O)CC(=O)O)CC(=O)O)N(CC(=O)O)CC(=O)O)cc1. The lowest BCUT2D eigenvalue weighted by Gasteiger charge is -2.34. The van der Waals surface area contributed by atoms with Crippen LogP contribution in [0.1, 0.15) is 5.56 Å². The standard InChI is InChI=1S/C21H30N4O10.4ClH/c22-15-3-1-14(2-4-15)7-16(25(12-20(32)33)13-21(34)35)8-23(9-17(26)27)5-6-24(10-18(28)29)11-19(30)31;;;;/h1-4,16H,5-13,22H2,(H,26,27)(H,28,29)(H,30,31)(H,32,33)(H,34,35);4*1H/t16-;;;;/m0..../s1. The molecule has 0 spiro atoms. The molecule has 0 fully saturated rings. The first-order valence-corrected chi connectivity index (χ1v) is 10.5. The number of nitrogens with two attached hydrogens (primary N) is 1. The van der Waals surface area contributed by atoms with E-state index in [0.29, 0.717) is 11.3 Å². The van der Waals surface area contributed by atoms with Crippen LogP contribution in [0.4, 0.5) is 5.69 Å². The Hall–Kier alpha value is -2.59. The van der Waals surface area contributed by atoms with Crippen LogP contribution in [0.2, 0.25) is 0 Å². The molecule has 0 saturated carbocycles. The van der Waals surface area contributed by atoms with Gasteiger partial charge in [-0.15, -0.1) is 49.6 Å². The third-order valence-corrected chi connectivity index (χ3v) is 4.92. The Kier molecular flexibility index (Phi) is 24.8. The van der Waals surface area contributed by atoms with E-state index in [4.69, 9.17) is 15.9 Å². The smallest absolute Gasteiger partial charge is 0.317 e. The van der Waals surface area contributed by atoms with E-state index in [2.05, 4.69) is 0 Å². The van der Waals surface area contributed by atoms with Crippen LogP contribution in [0.25, 0.3) is 0 Å². The summed E-state index contributed by atoms with van der Waals surface area (Å²) in [5.41, 5.74) is 6.89.